The number of benzene rings is 2. The molecular weight excluding hydrogens is 364 g/mol. The molecule has 0 aliphatic heterocycles. The average molecular weight is 386 g/mol. The Morgan fingerprint density at radius 2 is 1.56 bits per heavy atom. The summed E-state index contributed by atoms with van der Waals surface area (Å²) in [5.74, 6) is 0. The molecule has 5 N–H and O–H groups in total. The molecule has 0 unspecified atom stereocenters. The summed E-state index contributed by atoms with van der Waals surface area (Å²) >= 11 is 0. The summed E-state index contributed by atoms with van der Waals surface area (Å²) in [6.45, 7) is 0. The van der Waals surface area contributed by atoms with Crippen LogP contribution in [-0.4, -0.2) is 39.1 Å². The molecule has 2 aromatic carbocycles. The maximum absolute atomic E-state index is 11.4. The van der Waals surface area contributed by atoms with Crippen LogP contribution in [0.5, 0.6) is 0 Å². The molecule has 0 amide bonds. The van der Waals surface area contributed by atoms with Crippen molar-refractivity contribution in [1.29, 1.82) is 0 Å². The zero-order valence-corrected chi connectivity index (χ0v) is 16.1. The van der Waals surface area contributed by atoms with Gasteiger partial charge in [0.05, 0.1) is 27.7 Å². The molecule has 0 radical (unpaired) electrons. The van der Waals surface area contributed by atoms with Crippen molar-refractivity contribution in [2.45, 2.75) is 4.90 Å². The molecule has 27 heavy (non-hydrogen) atoms. The summed E-state index contributed by atoms with van der Waals surface area (Å²) in [5.41, 5.74) is 5.28. The van der Waals surface area contributed by atoms with Gasteiger partial charge in [0, 0.05) is 38.6 Å². The molecule has 0 aliphatic rings. The number of aromatic nitrogens is 2. The maximum Gasteiger partial charge on any atom is 0.238 e. The molecule has 8 nitrogen and oxygen atoms in total. The number of imidazole rings is 1. The largest absolute Gasteiger partial charge is 0.388 e. The van der Waals surface area contributed by atoms with E-state index in [0.29, 0.717) is 0 Å². The molecule has 9 heteroatoms. The van der Waals surface area contributed by atoms with Crippen LogP contribution in [0.25, 0.3) is 16.9 Å². The van der Waals surface area contributed by atoms with Crippen LogP contribution in [0.3, 0.4) is 0 Å². The number of hydrogen-bond donors (Lipinski definition) is 4. The molecule has 0 atom stereocenters. The molecule has 0 saturated heterocycles. The van der Waals surface area contributed by atoms with Gasteiger partial charge in [0.1, 0.15) is 6.33 Å². The number of hydrogen-bond acceptors (Lipinski definition) is 6. The highest BCUT2D eigenvalue weighted by molar-refractivity contribution is 7.89. The number of rotatable bonds is 6. The summed E-state index contributed by atoms with van der Waals surface area (Å²) in [6.07, 6.45) is 3.61. The van der Waals surface area contributed by atoms with Crippen LogP contribution in [-0.2, 0) is 10.0 Å². The predicted molar refractivity (Wildman–Crippen MR) is 109 cm³/mol. The van der Waals surface area contributed by atoms with Crippen molar-refractivity contribution in [3.63, 3.8) is 0 Å². The van der Waals surface area contributed by atoms with Crippen molar-refractivity contribution in [3.05, 3.63) is 48.9 Å². The minimum Gasteiger partial charge on any atom is -0.388 e. The molecule has 0 fully saturated rings. The third-order valence-electron chi connectivity index (χ3n) is 4.26. The van der Waals surface area contributed by atoms with Crippen LogP contribution in [0, 0.1) is 0 Å². The van der Waals surface area contributed by atoms with Gasteiger partial charge in [-0.15, -0.1) is 0 Å². The van der Waals surface area contributed by atoms with Crippen LogP contribution >= 0.6 is 0 Å². The van der Waals surface area contributed by atoms with Crippen molar-refractivity contribution in [2.75, 3.05) is 37.1 Å². The lowest BCUT2D eigenvalue weighted by Gasteiger charge is -2.17. The molecular formula is C18H22N6O2S. The summed E-state index contributed by atoms with van der Waals surface area (Å²) in [6, 6.07) is 10.4. The quantitative estimate of drug-likeness (QED) is 0.517. The van der Waals surface area contributed by atoms with Crippen LogP contribution in [0.4, 0.5) is 17.1 Å². The lowest BCUT2D eigenvalue weighted by atomic mass is 10.1. The van der Waals surface area contributed by atoms with Crippen molar-refractivity contribution < 1.29 is 8.42 Å². The Labute approximate surface area is 158 Å². The van der Waals surface area contributed by atoms with Gasteiger partial charge >= 0.3 is 0 Å². The van der Waals surface area contributed by atoms with Gasteiger partial charge in [-0.3, -0.25) is 0 Å². The number of nitrogens with two attached hydrogens (primary N) is 1. The predicted octanol–water partition coefficient (Wildman–Crippen LogP) is 2.31. The van der Waals surface area contributed by atoms with Crippen molar-refractivity contribution in [3.8, 4) is 16.9 Å². The highest BCUT2D eigenvalue weighted by Gasteiger charge is 2.14. The minimum atomic E-state index is -3.71. The first-order valence-electron chi connectivity index (χ1n) is 8.26. The molecule has 1 aromatic heterocycles. The lowest BCUT2D eigenvalue weighted by molar-refractivity contribution is 0.598. The Morgan fingerprint density at radius 1 is 0.963 bits per heavy atom. The van der Waals surface area contributed by atoms with E-state index in [9.17, 15) is 8.42 Å². The molecule has 1 heterocycles. The first-order valence-corrected chi connectivity index (χ1v) is 9.81. The fraction of sp³-hybridized carbons (Fsp3) is 0.167. The zero-order chi connectivity index (χ0) is 19.6. The highest BCUT2D eigenvalue weighted by Crippen LogP contribution is 2.33. The van der Waals surface area contributed by atoms with Crippen LogP contribution in [0.2, 0.25) is 0 Å². The normalized spacial score (nSPS) is 11.3. The second kappa shape index (κ2) is 7.29. The number of nitrogens with one attached hydrogen (secondary N) is 3. The third kappa shape index (κ3) is 3.74. The van der Waals surface area contributed by atoms with Crippen LogP contribution < -0.4 is 21.1 Å². The van der Waals surface area contributed by atoms with E-state index in [1.807, 2.05) is 44.0 Å². The van der Waals surface area contributed by atoms with Gasteiger partial charge < -0.3 is 20.5 Å². The Morgan fingerprint density at radius 3 is 2.04 bits per heavy atom. The van der Waals surface area contributed by atoms with Gasteiger partial charge in [-0.05, 0) is 24.3 Å². The van der Waals surface area contributed by atoms with E-state index in [1.165, 1.54) is 12.1 Å². The fourth-order valence-electron chi connectivity index (χ4n) is 2.85. The van der Waals surface area contributed by atoms with Crippen molar-refractivity contribution in [1.82, 2.24) is 9.55 Å². The number of anilines is 3. The van der Waals surface area contributed by atoms with Crippen LogP contribution in [0.1, 0.15) is 0 Å². The molecule has 0 bridgehead atoms. The van der Waals surface area contributed by atoms with E-state index in [4.69, 9.17) is 5.14 Å². The zero-order valence-electron chi connectivity index (χ0n) is 15.3. The van der Waals surface area contributed by atoms with Crippen molar-refractivity contribution in [2.24, 2.45) is 5.14 Å². The first-order chi connectivity index (χ1) is 12.9. The van der Waals surface area contributed by atoms with E-state index in [1.54, 1.807) is 18.5 Å². The second-order valence-corrected chi connectivity index (χ2v) is 7.47. The molecule has 142 valence electrons. The number of sulfonamides is 1. The Kier molecular flexibility index (Phi) is 5.06. The van der Waals surface area contributed by atoms with Gasteiger partial charge in [-0.25, -0.2) is 18.5 Å². The van der Waals surface area contributed by atoms with Crippen LogP contribution in [0.15, 0.2) is 53.8 Å². The average Bonchev–Trinajstić information content (AvgIpc) is 3.15. The van der Waals surface area contributed by atoms with Gasteiger partial charge in [0.15, 0.2) is 0 Å². The SMILES string of the molecule is CNc1cc(NC)c(-n2cnc(-c3ccc(S(N)(=O)=O)cc3)c2)c(NC)c1. The minimum absolute atomic E-state index is 0.0725. The fourth-order valence-corrected chi connectivity index (χ4v) is 3.36. The van der Waals surface area contributed by atoms with E-state index < -0.39 is 10.0 Å². The summed E-state index contributed by atoms with van der Waals surface area (Å²) in [7, 11) is 1.88. The molecule has 3 rings (SSSR count). The standard InChI is InChI=1S/C18H22N6O2S/c1-20-13-8-15(21-2)18(16(9-13)22-3)24-10-17(23-11-24)12-4-6-14(7-5-12)27(19,25)26/h4-11,20-22H,1-3H3,(H2,19,25,26). The topological polar surface area (TPSA) is 114 Å². The number of nitrogens with zero attached hydrogens (tertiary/aromatic N) is 2. The monoisotopic (exact) mass is 386 g/mol. The van der Waals surface area contributed by atoms with Gasteiger partial charge in [0.25, 0.3) is 0 Å². The van der Waals surface area contributed by atoms with Gasteiger partial charge in [-0.1, -0.05) is 12.1 Å². The third-order valence-corrected chi connectivity index (χ3v) is 5.19. The smallest absolute Gasteiger partial charge is 0.238 e. The van der Waals surface area contributed by atoms with E-state index in [2.05, 4.69) is 20.9 Å². The molecule has 0 aliphatic carbocycles. The highest BCUT2D eigenvalue weighted by atomic mass is 32.2. The van der Waals surface area contributed by atoms with E-state index >= 15 is 0 Å². The molecule has 3 aromatic rings. The maximum atomic E-state index is 11.4. The Hall–Kier alpha value is -3.04. The molecule has 0 spiro atoms. The summed E-state index contributed by atoms with van der Waals surface area (Å²) in [5, 5.41) is 14.7. The van der Waals surface area contributed by atoms with Gasteiger partial charge in [0.2, 0.25) is 10.0 Å². The number of primary sulfonamides is 1. The lowest BCUT2D eigenvalue weighted by Crippen LogP contribution is -2.11. The van der Waals surface area contributed by atoms with Crippen molar-refractivity contribution >= 4 is 27.1 Å². The summed E-state index contributed by atoms with van der Waals surface area (Å²) < 4.78 is 24.7. The Balaban J connectivity index is 2.04. The van der Waals surface area contributed by atoms with E-state index in [0.717, 1.165) is 34.0 Å². The Bertz CT molecular complexity index is 1030. The summed E-state index contributed by atoms with van der Waals surface area (Å²) in [4.78, 5) is 4.53. The van der Waals surface area contributed by atoms with E-state index in [-0.39, 0.29) is 4.90 Å². The first kappa shape index (κ1) is 18.7. The second-order valence-electron chi connectivity index (χ2n) is 5.91. The van der Waals surface area contributed by atoms with Gasteiger partial charge in [-0.2, -0.15) is 0 Å². The molecule has 0 saturated carbocycles.